The summed E-state index contributed by atoms with van der Waals surface area (Å²) in [5, 5.41) is 8.47. The Morgan fingerprint density at radius 3 is 1.48 bits per heavy atom. The fourth-order valence-electron chi connectivity index (χ4n) is 8.09. The zero-order valence-electron chi connectivity index (χ0n) is 28.5. The fraction of sp³-hybridized carbons (Fsp3) is 0. The summed E-state index contributed by atoms with van der Waals surface area (Å²) in [4.78, 5) is 4.89. The molecule has 0 amide bonds. The van der Waals surface area contributed by atoms with Crippen LogP contribution >= 0.6 is 0 Å². The maximum atomic E-state index is 4.89. The lowest BCUT2D eigenvalue weighted by molar-refractivity contribution is 1.43. The van der Waals surface area contributed by atoms with E-state index in [1.165, 1.54) is 88.0 Å². The molecule has 52 heavy (non-hydrogen) atoms. The van der Waals surface area contributed by atoms with Gasteiger partial charge in [-0.05, 0) is 107 Å². The molecule has 1 heteroatoms. The zero-order chi connectivity index (χ0) is 34.4. The molecule has 0 N–H and O–H groups in total. The van der Waals surface area contributed by atoms with E-state index in [0.29, 0.717) is 0 Å². The van der Waals surface area contributed by atoms with Gasteiger partial charge >= 0.3 is 0 Å². The molecule has 1 nitrogen and oxygen atoms in total. The van der Waals surface area contributed by atoms with E-state index >= 15 is 0 Å². The van der Waals surface area contributed by atoms with Crippen LogP contribution < -0.4 is 0 Å². The molecular formula is C51H33N. The van der Waals surface area contributed by atoms with Gasteiger partial charge in [-0.1, -0.05) is 170 Å². The molecule has 0 aliphatic carbocycles. The predicted molar refractivity (Wildman–Crippen MR) is 221 cm³/mol. The Hall–Kier alpha value is -6.83. The summed E-state index contributed by atoms with van der Waals surface area (Å²) in [6.45, 7) is 0. The van der Waals surface area contributed by atoms with E-state index in [2.05, 4.69) is 188 Å². The lowest BCUT2D eigenvalue weighted by Crippen LogP contribution is -1.93. The first-order chi connectivity index (χ1) is 25.8. The van der Waals surface area contributed by atoms with E-state index in [-0.39, 0.29) is 0 Å². The molecule has 0 aliphatic rings. The van der Waals surface area contributed by atoms with Crippen LogP contribution in [0.4, 0.5) is 0 Å². The van der Waals surface area contributed by atoms with Crippen molar-refractivity contribution in [3.8, 4) is 55.6 Å². The van der Waals surface area contributed by atoms with E-state index in [1.807, 2.05) is 12.3 Å². The number of nitrogens with zero attached hydrogens (tertiary/aromatic N) is 1. The van der Waals surface area contributed by atoms with Crippen LogP contribution in [0.1, 0.15) is 0 Å². The Morgan fingerprint density at radius 1 is 0.288 bits per heavy atom. The van der Waals surface area contributed by atoms with E-state index < -0.39 is 0 Å². The summed E-state index contributed by atoms with van der Waals surface area (Å²) < 4.78 is 0. The van der Waals surface area contributed by atoms with Crippen molar-refractivity contribution < 1.29 is 0 Å². The second kappa shape index (κ2) is 12.5. The van der Waals surface area contributed by atoms with Crippen molar-refractivity contribution in [2.75, 3.05) is 0 Å². The standard InChI is InChI=1S/C51H33N/c1-3-13-34(14-4-1)38-18-9-20-41(31-38)48-44-23-7-8-24-45(44)49(42-21-10-19-39(32-42)35-15-5-2-6-16-35)47-33-40(28-29-46(47)48)43-25-11-17-36-26-27-37-22-12-30-52-51(37)50(36)43/h1-33H. The first-order valence-electron chi connectivity index (χ1n) is 17.9. The summed E-state index contributed by atoms with van der Waals surface area (Å²) in [5.74, 6) is 0. The summed E-state index contributed by atoms with van der Waals surface area (Å²) in [6.07, 6.45) is 1.90. The number of pyridine rings is 1. The van der Waals surface area contributed by atoms with Crippen molar-refractivity contribution in [2.24, 2.45) is 0 Å². The molecule has 0 bridgehead atoms. The SMILES string of the molecule is c1ccc(-c2cccc(-c3c4ccccc4c(-c4cccc(-c5ccccc5)c4)c4cc(-c5cccc6ccc7cccnc7c56)ccc34)c2)cc1. The topological polar surface area (TPSA) is 12.9 Å². The molecule has 10 aromatic rings. The summed E-state index contributed by atoms with van der Waals surface area (Å²) >= 11 is 0. The molecule has 0 spiro atoms. The third-order valence-corrected chi connectivity index (χ3v) is 10.5. The van der Waals surface area contributed by atoms with E-state index in [1.54, 1.807) is 0 Å². The molecule has 10 rings (SSSR count). The minimum atomic E-state index is 1.03. The van der Waals surface area contributed by atoms with Crippen LogP contribution in [0.5, 0.6) is 0 Å². The van der Waals surface area contributed by atoms with Crippen molar-refractivity contribution in [1.29, 1.82) is 0 Å². The highest BCUT2D eigenvalue weighted by Gasteiger charge is 2.19. The molecule has 0 saturated carbocycles. The third-order valence-electron chi connectivity index (χ3n) is 10.5. The average molecular weight is 660 g/mol. The molecule has 0 fully saturated rings. The highest BCUT2D eigenvalue weighted by molar-refractivity contribution is 6.23. The summed E-state index contributed by atoms with van der Waals surface area (Å²) in [5.41, 5.74) is 13.1. The normalized spacial score (nSPS) is 11.5. The van der Waals surface area contributed by atoms with Crippen LogP contribution in [0.2, 0.25) is 0 Å². The molecule has 1 heterocycles. The van der Waals surface area contributed by atoms with Gasteiger partial charge in [-0.2, -0.15) is 0 Å². The molecule has 0 atom stereocenters. The Balaban J connectivity index is 1.30. The van der Waals surface area contributed by atoms with Gasteiger partial charge in [0.2, 0.25) is 0 Å². The fourth-order valence-corrected chi connectivity index (χ4v) is 8.09. The quantitative estimate of drug-likeness (QED) is 0.132. The van der Waals surface area contributed by atoms with Gasteiger partial charge < -0.3 is 0 Å². The smallest absolute Gasteiger partial charge is 0.0786 e. The number of hydrogen-bond donors (Lipinski definition) is 0. The Bertz CT molecular complexity index is 2940. The Kier molecular flexibility index (Phi) is 7.22. The van der Waals surface area contributed by atoms with Gasteiger partial charge in [0.05, 0.1) is 5.52 Å². The molecule has 242 valence electrons. The second-order valence-electron chi connectivity index (χ2n) is 13.5. The van der Waals surface area contributed by atoms with Crippen LogP contribution in [0, 0.1) is 0 Å². The molecule has 1 aromatic heterocycles. The first-order valence-corrected chi connectivity index (χ1v) is 17.9. The number of benzene rings is 9. The molecule has 0 aliphatic heterocycles. The number of rotatable bonds is 5. The molecule has 9 aromatic carbocycles. The molecular weight excluding hydrogens is 627 g/mol. The Morgan fingerprint density at radius 2 is 0.808 bits per heavy atom. The van der Waals surface area contributed by atoms with E-state index in [4.69, 9.17) is 4.98 Å². The van der Waals surface area contributed by atoms with Crippen molar-refractivity contribution in [3.05, 3.63) is 200 Å². The maximum absolute atomic E-state index is 4.89. The van der Waals surface area contributed by atoms with Gasteiger partial charge in [-0.3, -0.25) is 4.98 Å². The molecule has 0 unspecified atom stereocenters. The number of hydrogen-bond acceptors (Lipinski definition) is 1. The van der Waals surface area contributed by atoms with Crippen molar-refractivity contribution in [3.63, 3.8) is 0 Å². The van der Waals surface area contributed by atoms with Gasteiger partial charge in [0.15, 0.2) is 0 Å². The van der Waals surface area contributed by atoms with Gasteiger partial charge in [-0.25, -0.2) is 0 Å². The molecule has 0 saturated heterocycles. The largest absolute Gasteiger partial charge is 0.256 e. The van der Waals surface area contributed by atoms with Crippen molar-refractivity contribution in [2.45, 2.75) is 0 Å². The molecule has 0 radical (unpaired) electrons. The van der Waals surface area contributed by atoms with Crippen LogP contribution in [-0.2, 0) is 0 Å². The van der Waals surface area contributed by atoms with Gasteiger partial charge in [-0.15, -0.1) is 0 Å². The lowest BCUT2D eigenvalue weighted by atomic mass is 9.83. The van der Waals surface area contributed by atoms with E-state index in [0.717, 1.165) is 10.9 Å². The zero-order valence-corrected chi connectivity index (χ0v) is 28.5. The third kappa shape index (κ3) is 5.06. The first kappa shape index (κ1) is 30.0. The average Bonchev–Trinajstić information content (AvgIpc) is 3.23. The Labute approximate surface area is 303 Å². The van der Waals surface area contributed by atoms with Crippen LogP contribution in [0.25, 0.3) is 98.9 Å². The van der Waals surface area contributed by atoms with Gasteiger partial charge in [0.25, 0.3) is 0 Å². The maximum Gasteiger partial charge on any atom is 0.0786 e. The lowest BCUT2D eigenvalue weighted by Gasteiger charge is -2.20. The van der Waals surface area contributed by atoms with Crippen LogP contribution in [-0.4, -0.2) is 4.98 Å². The van der Waals surface area contributed by atoms with Crippen LogP contribution in [0.15, 0.2) is 200 Å². The van der Waals surface area contributed by atoms with Crippen molar-refractivity contribution in [1.82, 2.24) is 4.98 Å². The van der Waals surface area contributed by atoms with Gasteiger partial charge in [0.1, 0.15) is 0 Å². The summed E-state index contributed by atoms with van der Waals surface area (Å²) in [7, 11) is 0. The highest BCUT2D eigenvalue weighted by Crippen LogP contribution is 2.46. The second-order valence-corrected chi connectivity index (χ2v) is 13.5. The monoisotopic (exact) mass is 659 g/mol. The van der Waals surface area contributed by atoms with E-state index in [9.17, 15) is 0 Å². The van der Waals surface area contributed by atoms with Crippen LogP contribution in [0.3, 0.4) is 0 Å². The highest BCUT2D eigenvalue weighted by atomic mass is 14.6. The predicted octanol–water partition coefficient (Wildman–Crippen LogP) is 14.0. The number of aromatic nitrogens is 1. The minimum absolute atomic E-state index is 1.03. The van der Waals surface area contributed by atoms with Crippen molar-refractivity contribution >= 4 is 43.2 Å². The number of fused-ring (bicyclic) bond motifs is 5. The van der Waals surface area contributed by atoms with Gasteiger partial charge in [0, 0.05) is 17.0 Å². The minimum Gasteiger partial charge on any atom is -0.256 e. The summed E-state index contributed by atoms with van der Waals surface area (Å²) in [6, 6.07) is 70.6.